The van der Waals surface area contributed by atoms with Gasteiger partial charge in [-0.1, -0.05) is 10.3 Å². The molecule has 0 radical (unpaired) electrons. The average molecular weight is 272 g/mol. The number of aryl methyl sites for hydroxylation is 2. The average Bonchev–Trinajstić information content (AvgIpc) is 2.75. The number of benzene rings is 1. The molecule has 1 aromatic heterocycles. The van der Waals surface area contributed by atoms with Gasteiger partial charge in [0.25, 0.3) is 0 Å². The second kappa shape index (κ2) is 4.96. The maximum Gasteiger partial charge on any atom is 0.227 e. The van der Waals surface area contributed by atoms with Gasteiger partial charge in [-0.05, 0) is 43.5 Å². The zero-order valence-corrected chi connectivity index (χ0v) is 11.3. The first-order valence-electron chi connectivity index (χ1n) is 6.62. The largest absolute Gasteiger partial charge is 0.399 e. The maximum absolute atomic E-state index is 12.3. The number of nitrogens with two attached hydrogens (primary N) is 1. The van der Waals surface area contributed by atoms with Crippen LogP contribution in [0.4, 0.5) is 11.4 Å². The summed E-state index contributed by atoms with van der Waals surface area (Å²) in [7, 11) is 0. The van der Waals surface area contributed by atoms with E-state index in [0.717, 1.165) is 29.8 Å². The summed E-state index contributed by atoms with van der Waals surface area (Å²) in [6, 6.07) is 5.66. The van der Waals surface area contributed by atoms with Gasteiger partial charge in [0, 0.05) is 17.8 Å². The van der Waals surface area contributed by atoms with Gasteiger partial charge < -0.3 is 10.6 Å². The number of fused-ring (bicyclic) bond motifs is 1. The lowest BCUT2D eigenvalue weighted by atomic mass is 10.1. The first kappa shape index (κ1) is 12.7. The molecule has 0 saturated carbocycles. The van der Waals surface area contributed by atoms with Crippen LogP contribution in [0, 0.1) is 6.92 Å². The molecule has 0 spiro atoms. The quantitative estimate of drug-likeness (QED) is 0.843. The van der Waals surface area contributed by atoms with Crippen LogP contribution in [0.15, 0.2) is 22.8 Å². The molecule has 3 rings (SSSR count). The Morgan fingerprint density at radius 3 is 2.95 bits per heavy atom. The molecule has 1 aliphatic heterocycles. The van der Waals surface area contributed by atoms with Crippen LogP contribution in [0.25, 0.3) is 0 Å². The summed E-state index contributed by atoms with van der Waals surface area (Å²) in [6.45, 7) is 2.20. The minimum absolute atomic E-state index is 0.0934. The molecule has 6 nitrogen and oxygen atoms in total. The first-order chi connectivity index (χ1) is 9.65. The Morgan fingerprint density at radius 2 is 2.20 bits per heavy atom. The number of nitrogen functional groups attached to an aromatic ring is 1. The molecule has 6 heteroatoms. The number of hydrogen-bond donors (Lipinski definition) is 1. The molecule has 0 aliphatic carbocycles. The van der Waals surface area contributed by atoms with Crippen LogP contribution in [-0.2, 0) is 17.8 Å². The molecule has 0 unspecified atom stereocenters. The number of amides is 1. The van der Waals surface area contributed by atoms with Gasteiger partial charge in [-0.2, -0.15) is 0 Å². The lowest BCUT2D eigenvalue weighted by molar-refractivity contribution is -0.118. The molecule has 2 N–H and O–H groups in total. The number of nitrogens with zero attached hydrogens (tertiary/aromatic N) is 3. The van der Waals surface area contributed by atoms with E-state index in [1.165, 1.54) is 0 Å². The molecular weight excluding hydrogens is 256 g/mol. The number of carbonyl (C=O) groups excluding carboxylic acids is 1. The molecule has 0 atom stereocenters. The molecular formula is C14H16N4O2. The topological polar surface area (TPSA) is 85.2 Å². The van der Waals surface area contributed by atoms with Gasteiger partial charge in [0.15, 0.2) is 0 Å². The Kier molecular flexibility index (Phi) is 3.14. The molecule has 20 heavy (non-hydrogen) atoms. The van der Waals surface area contributed by atoms with Crippen LogP contribution in [0.3, 0.4) is 0 Å². The van der Waals surface area contributed by atoms with Crippen molar-refractivity contribution in [2.45, 2.75) is 32.7 Å². The van der Waals surface area contributed by atoms with Crippen molar-refractivity contribution in [1.29, 1.82) is 0 Å². The molecule has 0 saturated heterocycles. The summed E-state index contributed by atoms with van der Waals surface area (Å²) in [5, 5.41) is 7.62. The van der Waals surface area contributed by atoms with Crippen molar-refractivity contribution in [2.24, 2.45) is 0 Å². The molecule has 0 fully saturated rings. The Morgan fingerprint density at radius 1 is 1.35 bits per heavy atom. The SMILES string of the molecule is Cc1nonc1CN1C(=O)CCCc2cc(N)ccc21. The summed E-state index contributed by atoms with van der Waals surface area (Å²) in [4.78, 5) is 14.1. The standard InChI is InChI=1S/C14H16N4O2/c1-9-12(17-20-16-9)8-18-13-6-5-11(15)7-10(13)3-2-4-14(18)19/h5-7H,2-4,8,15H2,1H3. The van der Waals surface area contributed by atoms with E-state index >= 15 is 0 Å². The van der Waals surface area contributed by atoms with Crippen molar-refractivity contribution in [3.63, 3.8) is 0 Å². The minimum Gasteiger partial charge on any atom is -0.399 e. The van der Waals surface area contributed by atoms with E-state index in [4.69, 9.17) is 10.4 Å². The van der Waals surface area contributed by atoms with Gasteiger partial charge in [0.1, 0.15) is 11.4 Å². The van der Waals surface area contributed by atoms with Gasteiger partial charge in [-0.3, -0.25) is 4.79 Å². The van der Waals surface area contributed by atoms with Crippen LogP contribution in [0.1, 0.15) is 29.8 Å². The lowest BCUT2D eigenvalue weighted by Crippen LogP contribution is -2.30. The van der Waals surface area contributed by atoms with Gasteiger partial charge in [0.05, 0.1) is 6.54 Å². The van der Waals surface area contributed by atoms with Crippen LogP contribution < -0.4 is 10.6 Å². The molecule has 1 amide bonds. The minimum atomic E-state index is 0.0934. The van der Waals surface area contributed by atoms with E-state index < -0.39 is 0 Å². The summed E-state index contributed by atoms with van der Waals surface area (Å²) in [6.07, 6.45) is 2.22. The van der Waals surface area contributed by atoms with Crippen molar-refractivity contribution in [3.05, 3.63) is 35.2 Å². The third-order valence-electron chi connectivity index (χ3n) is 3.59. The summed E-state index contributed by atoms with van der Waals surface area (Å²) in [5.74, 6) is 0.0934. The van der Waals surface area contributed by atoms with E-state index in [2.05, 4.69) is 10.3 Å². The van der Waals surface area contributed by atoms with Crippen LogP contribution >= 0.6 is 0 Å². The number of aromatic nitrogens is 2. The van der Waals surface area contributed by atoms with Gasteiger partial charge in [0.2, 0.25) is 5.91 Å². The number of anilines is 2. The highest BCUT2D eigenvalue weighted by atomic mass is 16.6. The van der Waals surface area contributed by atoms with E-state index in [1.54, 1.807) is 4.90 Å². The smallest absolute Gasteiger partial charge is 0.227 e. The third kappa shape index (κ3) is 2.24. The van der Waals surface area contributed by atoms with E-state index in [-0.39, 0.29) is 5.91 Å². The number of rotatable bonds is 2. The highest BCUT2D eigenvalue weighted by Crippen LogP contribution is 2.30. The Hall–Kier alpha value is -2.37. The second-order valence-corrected chi connectivity index (χ2v) is 5.02. The molecule has 1 aromatic carbocycles. The van der Waals surface area contributed by atoms with E-state index in [0.29, 0.717) is 24.4 Å². The summed E-state index contributed by atoms with van der Waals surface area (Å²) < 4.78 is 4.70. The zero-order valence-electron chi connectivity index (χ0n) is 11.3. The summed E-state index contributed by atoms with van der Waals surface area (Å²) in [5.41, 5.74) is 9.95. The Balaban J connectivity index is 2.00. The van der Waals surface area contributed by atoms with Crippen molar-refractivity contribution in [2.75, 3.05) is 10.6 Å². The van der Waals surface area contributed by atoms with Crippen molar-refractivity contribution >= 4 is 17.3 Å². The molecule has 1 aliphatic rings. The number of carbonyl (C=O) groups is 1. The van der Waals surface area contributed by atoms with Crippen LogP contribution in [0.2, 0.25) is 0 Å². The summed E-state index contributed by atoms with van der Waals surface area (Å²) >= 11 is 0. The Labute approximate surface area is 116 Å². The first-order valence-corrected chi connectivity index (χ1v) is 6.62. The van der Waals surface area contributed by atoms with Crippen molar-refractivity contribution in [1.82, 2.24) is 10.3 Å². The van der Waals surface area contributed by atoms with E-state index in [9.17, 15) is 4.79 Å². The second-order valence-electron chi connectivity index (χ2n) is 5.02. The molecule has 0 bridgehead atoms. The highest BCUT2D eigenvalue weighted by Gasteiger charge is 2.24. The molecule has 2 aromatic rings. The van der Waals surface area contributed by atoms with Gasteiger partial charge in [-0.25, -0.2) is 4.63 Å². The monoisotopic (exact) mass is 272 g/mol. The van der Waals surface area contributed by atoms with Crippen LogP contribution in [0.5, 0.6) is 0 Å². The maximum atomic E-state index is 12.3. The van der Waals surface area contributed by atoms with E-state index in [1.807, 2.05) is 25.1 Å². The highest BCUT2D eigenvalue weighted by molar-refractivity contribution is 5.95. The number of hydrogen-bond acceptors (Lipinski definition) is 5. The van der Waals surface area contributed by atoms with Crippen molar-refractivity contribution < 1.29 is 9.42 Å². The van der Waals surface area contributed by atoms with Gasteiger partial charge in [-0.15, -0.1) is 0 Å². The fourth-order valence-electron chi connectivity index (χ4n) is 2.48. The fraction of sp³-hybridized carbons (Fsp3) is 0.357. The molecule has 2 heterocycles. The van der Waals surface area contributed by atoms with Crippen LogP contribution in [-0.4, -0.2) is 16.2 Å². The predicted octanol–water partition coefficient (Wildman–Crippen LogP) is 1.83. The normalized spacial score (nSPS) is 15.1. The third-order valence-corrected chi connectivity index (χ3v) is 3.59. The lowest BCUT2D eigenvalue weighted by Gasteiger charge is -2.22. The molecule has 104 valence electrons. The van der Waals surface area contributed by atoms with Gasteiger partial charge >= 0.3 is 0 Å². The Bertz CT molecular complexity index is 650. The zero-order chi connectivity index (χ0) is 14.1. The fourth-order valence-corrected chi connectivity index (χ4v) is 2.48. The van der Waals surface area contributed by atoms with Crippen molar-refractivity contribution in [3.8, 4) is 0 Å². The predicted molar refractivity (Wildman–Crippen MR) is 74.0 cm³/mol.